The topological polar surface area (TPSA) is 38.1 Å². The fourth-order valence-electron chi connectivity index (χ4n) is 1.62. The second-order valence-electron chi connectivity index (χ2n) is 4.68. The van der Waals surface area contributed by atoms with Crippen LogP contribution >= 0.6 is 27.7 Å². The summed E-state index contributed by atoms with van der Waals surface area (Å²) in [5, 5.41) is 4.13. The molecule has 19 heavy (non-hydrogen) atoms. The summed E-state index contributed by atoms with van der Waals surface area (Å²) >= 11 is 5.05. The van der Waals surface area contributed by atoms with E-state index in [1.54, 1.807) is 24.2 Å². The first-order valence-electron chi connectivity index (χ1n) is 6.21. The first-order chi connectivity index (χ1) is 9.15. The van der Waals surface area contributed by atoms with Crippen LogP contribution in [-0.2, 0) is 6.54 Å². The normalized spacial score (nSPS) is 11.2. The second kappa shape index (κ2) is 7.12. The van der Waals surface area contributed by atoms with Crippen molar-refractivity contribution in [3.8, 4) is 0 Å². The van der Waals surface area contributed by atoms with Gasteiger partial charge in [0.05, 0.1) is 6.20 Å². The maximum atomic E-state index is 5.29. The highest BCUT2D eigenvalue weighted by Gasteiger charge is 2.08. The molecule has 3 nitrogen and oxygen atoms in total. The lowest BCUT2D eigenvalue weighted by Gasteiger charge is -2.11. The van der Waals surface area contributed by atoms with Crippen molar-refractivity contribution in [2.45, 2.75) is 30.5 Å². The molecule has 0 aliphatic heterocycles. The van der Waals surface area contributed by atoms with Gasteiger partial charge in [-0.3, -0.25) is 0 Å². The third kappa shape index (κ3) is 4.67. The SMILES string of the molecule is CC(C)CNCc1ccc(Br)cc1Sc1ncco1. The van der Waals surface area contributed by atoms with Gasteiger partial charge in [0, 0.05) is 15.9 Å². The number of oxazole rings is 1. The molecule has 0 radical (unpaired) electrons. The summed E-state index contributed by atoms with van der Waals surface area (Å²) in [5.74, 6) is 0.651. The quantitative estimate of drug-likeness (QED) is 0.849. The highest BCUT2D eigenvalue weighted by Crippen LogP contribution is 2.31. The van der Waals surface area contributed by atoms with Crippen molar-refractivity contribution >= 4 is 27.7 Å². The maximum absolute atomic E-state index is 5.29. The van der Waals surface area contributed by atoms with Crippen LogP contribution < -0.4 is 5.32 Å². The molecule has 5 heteroatoms. The molecule has 0 atom stereocenters. The largest absolute Gasteiger partial charge is 0.440 e. The lowest BCUT2D eigenvalue weighted by molar-refractivity contribution is 0.454. The Labute approximate surface area is 126 Å². The Morgan fingerprint density at radius 1 is 1.42 bits per heavy atom. The van der Waals surface area contributed by atoms with Crippen molar-refractivity contribution in [3.05, 3.63) is 40.7 Å². The summed E-state index contributed by atoms with van der Waals surface area (Å²) in [7, 11) is 0. The number of hydrogen-bond donors (Lipinski definition) is 1. The van der Waals surface area contributed by atoms with Gasteiger partial charge in [-0.25, -0.2) is 4.98 Å². The first-order valence-corrected chi connectivity index (χ1v) is 7.82. The minimum atomic E-state index is 0.651. The molecular weight excluding hydrogens is 324 g/mol. The van der Waals surface area contributed by atoms with Gasteiger partial charge >= 0.3 is 0 Å². The Morgan fingerprint density at radius 2 is 2.26 bits per heavy atom. The van der Waals surface area contributed by atoms with E-state index in [9.17, 15) is 0 Å². The van der Waals surface area contributed by atoms with Crippen LogP contribution in [0.3, 0.4) is 0 Å². The molecule has 0 saturated carbocycles. The smallest absolute Gasteiger partial charge is 0.260 e. The van der Waals surface area contributed by atoms with Gasteiger partial charge in [0.1, 0.15) is 6.26 Å². The predicted molar refractivity (Wildman–Crippen MR) is 81.3 cm³/mol. The molecule has 2 aromatic rings. The van der Waals surface area contributed by atoms with E-state index in [2.05, 4.69) is 58.3 Å². The van der Waals surface area contributed by atoms with Crippen LogP contribution in [0, 0.1) is 5.92 Å². The molecule has 1 aromatic heterocycles. The molecule has 0 bridgehead atoms. The van der Waals surface area contributed by atoms with Crippen LogP contribution in [0.25, 0.3) is 0 Å². The fraction of sp³-hybridized carbons (Fsp3) is 0.357. The molecular formula is C14H17BrN2OS. The van der Waals surface area contributed by atoms with E-state index < -0.39 is 0 Å². The highest BCUT2D eigenvalue weighted by molar-refractivity contribution is 9.10. The highest BCUT2D eigenvalue weighted by atomic mass is 79.9. The van der Waals surface area contributed by atoms with Gasteiger partial charge in [-0.05, 0) is 41.9 Å². The molecule has 1 aromatic carbocycles. The lowest BCUT2D eigenvalue weighted by Crippen LogP contribution is -2.19. The van der Waals surface area contributed by atoms with Crippen LogP contribution in [0.4, 0.5) is 0 Å². The second-order valence-corrected chi connectivity index (χ2v) is 6.59. The van der Waals surface area contributed by atoms with E-state index in [1.807, 2.05) is 0 Å². The van der Waals surface area contributed by atoms with Gasteiger partial charge < -0.3 is 9.73 Å². The fourth-order valence-corrected chi connectivity index (χ4v) is 2.99. The van der Waals surface area contributed by atoms with E-state index in [-0.39, 0.29) is 0 Å². The van der Waals surface area contributed by atoms with Gasteiger partial charge in [0.25, 0.3) is 5.22 Å². The monoisotopic (exact) mass is 340 g/mol. The third-order valence-corrected chi connectivity index (χ3v) is 3.97. The zero-order valence-electron chi connectivity index (χ0n) is 11.0. The van der Waals surface area contributed by atoms with Crippen molar-refractivity contribution < 1.29 is 4.42 Å². The van der Waals surface area contributed by atoms with E-state index >= 15 is 0 Å². The molecule has 0 spiro atoms. The number of aromatic nitrogens is 1. The molecule has 1 N–H and O–H groups in total. The van der Waals surface area contributed by atoms with E-state index in [4.69, 9.17) is 4.42 Å². The molecule has 0 aliphatic carbocycles. The number of benzene rings is 1. The van der Waals surface area contributed by atoms with Gasteiger partial charge in [0.15, 0.2) is 0 Å². The predicted octanol–water partition coefficient (Wildman–Crippen LogP) is 4.33. The number of hydrogen-bond acceptors (Lipinski definition) is 4. The Morgan fingerprint density at radius 3 is 2.95 bits per heavy atom. The van der Waals surface area contributed by atoms with Crippen molar-refractivity contribution in [2.75, 3.05) is 6.54 Å². The zero-order valence-corrected chi connectivity index (χ0v) is 13.4. The third-order valence-electron chi connectivity index (χ3n) is 2.50. The standard InChI is InChI=1S/C14H17BrN2OS/c1-10(2)8-16-9-11-3-4-12(15)7-13(11)19-14-17-5-6-18-14/h3-7,10,16H,8-9H2,1-2H3. The minimum Gasteiger partial charge on any atom is -0.440 e. The van der Waals surface area contributed by atoms with E-state index in [0.29, 0.717) is 11.1 Å². The van der Waals surface area contributed by atoms with E-state index in [1.165, 1.54) is 5.56 Å². The summed E-state index contributed by atoms with van der Waals surface area (Å²) < 4.78 is 6.36. The van der Waals surface area contributed by atoms with Crippen LogP contribution in [0.15, 0.2) is 49.7 Å². The number of halogens is 1. The Kier molecular flexibility index (Phi) is 5.48. The first kappa shape index (κ1) is 14.6. The molecule has 0 saturated heterocycles. The van der Waals surface area contributed by atoms with Crippen LogP contribution in [0.2, 0.25) is 0 Å². The summed E-state index contributed by atoms with van der Waals surface area (Å²) in [6.07, 6.45) is 3.26. The van der Waals surface area contributed by atoms with Gasteiger partial charge in [-0.1, -0.05) is 35.8 Å². The van der Waals surface area contributed by atoms with Crippen molar-refractivity contribution in [3.63, 3.8) is 0 Å². The number of rotatable bonds is 6. The molecule has 0 unspecified atom stereocenters. The Hall–Kier alpha value is -0.780. The van der Waals surface area contributed by atoms with Crippen LogP contribution in [-0.4, -0.2) is 11.5 Å². The average Bonchev–Trinajstić information content (AvgIpc) is 2.84. The van der Waals surface area contributed by atoms with Gasteiger partial charge in [0.2, 0.25) is 0 Å². The van der Waals surface area contributed by atoms with Gasteiger partial charge in [-0.2, -0.15) is 0 Å². The van der Waals surface area contributed by atoms with E-state index in [0.717, 1.165) is 22.5 Å². The maximum Gasteiger partial charge on any atom is 0.260 e. The molecule has 2 rings (SSSR count). The molecule has 0 amide bonds. The average molecular weight is 341 g/mol. The summed E-state index contributed by atoms with van der Waals surface area (Å²) in [5.41, 5.74) is 1.26. The van der Waals surface area contributed by atoms with Crippen molar-refractivity contribution in [1.82, 2.24) is 10.3 Å². The van der Waals surface area contributed by atoms with Crippen LogP contribution in [0.1, 0.15) is 19.4 Å². The molecule has 1 heterocycles. The molecule has 0 aliphatic rings. The summed E-state index contributed by atoms with van der Waals surface area (Å²) in [6.45, 7) is 6.28. The Balaban J connectivity index is 2.09. The summed E-state index contributed by atoms with van der Waals surface area (Å²) in [6, 6.07) is 6.29. The van der Waals surface area contributed by atoms with Crippen LogP contribution in [0.5, 0.6) is 0 Å². The summed E-state index contributed by atoms with van der Waals surface area (Å²) in [4.78, 5) is 5.31. The zero-order chi connectivity index (χ0) is 13.7. The molecule has 0 fully saturated rings. The number of nitrogens with zero attached hydrogens (tertiary/aromatic N) is 1. The lowest BCUT2D eigenvalue weighted by atomic mass is 10.2. The number of nitrogens with one attached hydrogen (secondary N) is 1. The van der Waals surface area contributed by atoms with Crippen molar-refractivity contribution in [1.29, 1.82) is 0 Å². The van der Waals surface area contributed by atoms with Gasteiger partial charge in [-0.15, -0.1) is 0 Å². The Bertz CT molecular complexity index is 514. The van der Waals surface area contributed by atoms with Crippen molar-refractivity contribution in [2.24, 2.45) is 5.92 Å². The molecule has 102 valence electrons. The minimum absolute atomic E-state index is 0.651.